The third-order valence-corrected chi connectivity index (χ3v) is 6.72. The lowest BCUT2D eigenvalue weighted by molar-refractivity contribution is 0.0970. The van der Waals surface area contributed by atoms with Crippen molar-refractivity contribution >= 4 is 43.6 Å². The number of furan rings is 1. The summed E-state index contributed by atoms with van der Waals surface area (Å²) in [5.41, 5.74) is 2.57. The smallest absolute Gasteiger partial charge is 0.297 e. The summed E-state index contributed by atoms with van der Waals surface area (Å²) in [7, 11) is -3.37. The molecule has 0 spiro atoms. The highest BCUT2D eigenvalue weighted by Crippen LogP contribution is 2.30. The van der Waals surface area contributed by atoms with E-state index >= 15 is 0 Å². The maximum Gasteiger partial charge on any atom is 0.297 e. The fourth-order valence-electron chi connectivity index (χ4n) is 4.05. The number of aromatic nitrogens is 2. The molecule has 3 heterocycles. The van der Waals surface area contributed by atoms with Gasteiger partial charge in [-0.2, -0.15) is 0 Å². The lowest BCUT2D eigenvalue weighted by atomic mass is 9.99. The first-order chi connectivity index (χ1) is 14.8. The average Bonchev–Trinajstić information content (AvgIpc) is 3.13. The second-order valence-electron chi connectivity index (χ2n) is 7.66. The van der Waals surface area contributed by atoms with Crippen LogP contribution in [-0.4, -0.2) is 36.6 Å². The summed E-state index contributed by atoms with van der Waals surface area (Å²) >= 11 is 0. The molecule has 1 aliphatic rings. The predicted octanol–water partition coefficient (Wildman–Crippen LogP) is 2.74. The molecule has 0 saturated heterocycles. The lowest BCUT2D eigenvalue weighted by Gasteiger charge is -2.29. The SMILES string of the molecule is CS(=O)(=O)N1CCCc2cc(C(=O)Cn3cnc4c(oc5ccccc54)c3=O)ccc21. The highest BCUT2D eigenvalue weighted by atomic mass is 32.2. The third-order valence-electron chi connectivity index (χ3n) is 5.54. The van der Waals surface area contributed by atoms with E-state index in [0.717, 1.165) is 10.9 Å². The standard InChI is InChI=1S/C22H19N3O5S/c1-31(28,29)25-10-4-5-14-11-15(8-9-17(14)25)18(26)12-24-13-23-20-16-6-2-3-7-19(16)30-21(20)22(24)27/h2-3,6-9,11,13H,4-5,10,12H2,1H3. The van der Waals surface area contributed by atoms with Crippen LogP contribution in [0.5, 0.6) is 0 Å². The van der Waals surface area contributed by atoms with Crippen molar-refractivity contribution in [3.8, 4) is 0 Å². The third kappa shape index (κ3) is 3.31. The Morgan fingerprint density at radius 1 is 1.19 bits per heavy atom. The number of sulfonamides is 1. The molecule has 0 aliphatic carbocycles. The quantitative estimate of drug-likeness (QED) is 0.455. The van der Waals surface area contributed by atoms with Gasteiger partial charge in [0.1, 0.15) is 11.1 Å². The minimum atomic E-state index is -3.37. The Balaban J connectivity index is 1.48. The van der Waals surface area contributed by atoms with Gasteiger partial charge in [-0.3, -0.25) is 18.5 Å². The number of ketones is 1. The Kier molecular flexibility index (Phi) is 4.44. The number of para-hydroxylation sites is 1. The molecule has 0 N–H and O–H groups in total. The van der Waals surface area contributed by atoms with E-state index in [2.05, 4.69) is 4.98 Å². The Hall–Kier alpha value is -3.46. The van der Waals surface area contributed by atoms with E-state index in [1.54, 1.807) is 24.3 Å². The molecule has 9 heteroatoms. The molecule has 0 unspecified atom stereocenters. The number of nitrogens with zero attached hydrogens (tertiary/aromatic N) is 3. The lowest BCUT2D eigenvalue weighted by Crippen LogP contribution is -2.34. The van der Waals surface area contributed by atoms with Crippen LogP contribution in [0.3, 0.4) is 0 Å². The normalized spacial score (nSPS) is 14.2. The Morgan fingerprint density at radius 2 is 2.00 bits per heavy atom. The summed E-state index contributed by atoms with van der Waals surface area (Å²) in [5.74, 6) is -0.265. The minimum Gasteiger partial charge on any atom is -0.448 e. The minimum absolute atomic E-state index is 0.116. The number of carbonyl (C=O) groups is 1. The number of aryl methyl sites for hydroxylation is 1. The molecule has 0 bridgehead atoms. The fourth-order valence-corrected chi connectivity index (χ4v) is 5.05. The molecule has 0 radical (unpaired) electrons. The van der Waals surface area contributed by atoms with Crippen LogP contribution in [0, 0.1) is 0 Å². The summed E-state index contributed by atoms with van der Waals surface area (Å²) in [5, 5.41) is 0.748. The Morgan fingerprint density at radius 3 is 2.81 bits per heavy atom. The Bertz CT molecular complexity index is 1520. The van der Waals surface area contributed by atoms with E-state index in [9.17, 15) is 18.0 Å². The first-order valence-electron chi connectivity index (χ1n) is 9.83. The van der Waals surface area contributed by atoms with E-state index in [0.29, 0.717) is 41.7 Å². The van der Waals surface area contributed by atoms with Gasteiger partial charge in [0.05, 0.1) is 24.8 Å². The molecular weight excluding hydrogens is 418 g/mol. The van der Waals surface area contributed by atoms with Gasteiger partial charge in [-0.15, -0.1) is 0 Å². The molecule has 0 amide bonds. The van der Waals surface area contributed by atoms with Crippen LogP contribution in [0.4, 0.5) is 5.69 Å². The van der Waals surface area contributed by atoms with E-state index < -0.39 is 15.6 Å². The van der Waals surface area contributed by atoms with Gasteiger partial charge in [0, 0.05) is 17.5 Å². The zero-order chi connectivity index (χ0) is 21.8. The monoisotopic (exact) mass is 437 g/mol. The van der Waals surface area contributed by atoms with Crippen molar-refractivity contribution in [1.29, 1.82) is 0 Å². The van der Waals surface area contributed by atoms with Crippen LogP contribution in [0.15, 0.2) is 58.0 Å². The van der Waals surface area contributed by atoms with Crippen LogP contribution in [0.1, 0.15) is 22.3 Å². The highest BCUT2D eigenvalue weighted by Gasteiger charge is 2.25. The molecule has 5 rings (SSSR count). The molecule has 0 saturated carbocycles. The van der Waals surface area contributed by atoms with Crippen molar-refractivity contribution in [3.63, 3.8) is 0 Å². The predicted molar refractivity (Wildman–Crippen MR) is 117 cm³/mol. The maximum absolute atomic E-state index is 12.9. The van der Waals surface area contributed by atoms with E-state index in [4.69, 9.17) is 4.42 Å². The van der Waals surface area contributed by atoms with Gasteiger partial charge in [-0.1, -0.05) is 12.1 Å². The molecular formula is C22H19N3O5S. The molecule has 158 valence electrons. The number of anilines is 1. The van der Waals surface area contributed by atoms with E-state index in [1.807, 2.05) is 18.2 Å². The number of Topliss-reactive ketones (excluding diaryl/α,β-unsaturated/α-hetero) is 1. The maximum atomic E-state index is 12.9. The summed E-state index contributed by atoms with van der Waals surface area (Å²) in [4.78, 5) is 30.1. The first kappa shape index (κ1) is 19.5. The molecule has 31 heavy (non-hydrogen) atoms. The largest absolute Gasteiger partial charge is 0.448 e. The Labute approximate surface area is 177 Å². The van der Waals surface area contributed by atoms with Crippen LogP contribution in [-0.2, 0) is 23.0 Å². The van der Waals surface area contributed by atoms with Crippen molar-refractivity contribution < 1.29 is 17.6 Å². The summed E-state index contributed by atoms with van der Waals surface area (Å²) in [6.45, 7) is 0.241. The van der Waals surface area contributed by atoms with Crippen LogP contribution >= 0.6 is 0 Å². The van der Waals surface area contributed by atoms with Crippen LogP contribution < -0.4 is 9.86 Å². The summed E-state index contributed by atoms with van der Waals surface area (Å²) in [6.07, 6.45) is 3.90. The van der Waals surface area contributed by atoms with Crippen molar-refractivity contribution in [2.75, 3.05) is 17.1 Å². The topological polar surface area (TPSA) is 102 Å². The van der Waals surface area contributed by atoms with Gasteiger partial charge >= 0.3 is 0 Å². The fraction of sp³-hybridized carbons (Fsp3) is 0.227. The van der Waals surface area contributed by atoms with E-state index in [1.165, 1.54) is 21.5 Å². The van der Waals surface area contributed by atoms with Gasteiger partial charge in [-0.25, -0.2) is 13.4 Å². The van der Waals surface area contributed by atoms with Gasteiger partial charge in [0.2, 0.25) is 15.6 Å². The van der Waals surface area contributed by atoms with Crippen molar-refractivity contribution in [1.82, 2.24) is 9.55 Å². The van der Waals surface area contributed by atoms with Crippen molar-refractivity contribution in [3.05, 3.63) is 70.3 Å². The number of carbonyl (C=O) groups excluding carboxylic acids is 1. The number of rotatable bonds is 4. The number of hydrogen-bond acceptors (Lipinski definition) is 6. The molecule has 4 aromatic rings. The van der Waals surface area contributed by atoms with Crippen molar-refractivity contribution in [2.45, 2.75) is 19.4 Å². The average molecular weight is 437 g/mol. The highest BCUT2D eigenvalue weighted by molar-refractivity contribution is 7.92. The van der Waals surface area contributed by atoms with Crippen molar-refractivity contribution in [2.24, 2.45) is 0 Å². The molecule has 0 fully saturated rings. The molecule has 1 aliphatic heterocycles. The summed E-state index contributed by atoms with van der Waals surface area (Å²) < 4.78 is 32.3. The summed E-state index contributed by atoms with van der Waals surface area (Å²) in [6, 6.07) is 12.2. The zero-order valence-electron chi connectivity index (χ0n) is 16.7. The number of benzene rings is 2. The molecule has 8 nitrogen and oxygen atoms in total. The van der Waals surface area contributed by atoms with Gasteiger partial charge in [-0.05, 0) is 48.7 Å². The van der Waals surface area contributed by atoms with Gasteiger partial charge in [0.15, 0.2) is 5.78 Å². The van der Waals surface area contributed by atoms with Gasteiger partial charge < -0.3 is 4.42 Å². The second-order valence-corrected chi connectivity index (χ2v) is 9.57. The van der Waals surface area contributed by atoms with Crippen LogP contribution in [0.25, 0.3) is 22.1 Å². The zero-order valence-corrected chi connectivity index (χ0v) is 17.6. The first-order valence-corrected chi connectivity index (χ1v) is 11.7. The number of fused-ring (bicyclic) bond motifs is 4. The van der Waals surface area contributed by atoms with E-state index in [-0.39, 0.29) is 17.9 Å². The molecule has 2 aromatic carbocycles. The van der Waals surface area contributed by atoms with Gasteiger partial charge in [0.25, 0.3) is 5.56 Å². The second kappa shape index (κ2) is 7.05. The van der Waals surface area contributed by atoms with Crippen LogP contribution in [0.2, 0.25) is 0 Å². The molecule has 2 aromatic heterocycles. The number of hydrogen-bond donors (Lipinski definition) is 0. The molecule has 0 atom stereocenters.